The van der Waals surface area contributed by atoms with Gasteiger partial charge in [-0.25, -0.2) is 4.39 Å². The number of nitrogens with one attached hydrogen (secondary N) is 1. The Balaban J connectivity index is 1.80. The Kier molecular flexibility index (Phi) is 4.32. The fourth-order valence-electron chi connectivity index (χ4n) is 2.76. The van der Waals surface area contributed by atoms with Crippen molar-refractivity contribution in [2.24, 2.45) is 5.92 Å². The molecule has 2 N–H and O–H groups in total. The average Bonchev–Trinajstić information content (AvgIpc) is 3.35. The van der Waals surface area contributed by atoms with Crippen molar-refractivity contribution in [2.45, 2.75) is 24.9 Å². The van der Waals surface area contributed by atoms with Crippen molar-refractivity contribution in [3.63, 3.8) is 0 Å². The summed E-state index contributed by atoms with van der Waals surface area (Å²) in [5.41, 5.74) is 2.17. The minimum atomic E-state index is -0.213. The zero-order chi connectivity index (χ0) is 14.7. The van der Waals surface area contributed by atoms with E-state index < -0.39 is 0 Å². The van der Waals surface area contributed by atoms with E-state index in [-0.39, 0.29) is 24.5 Å². The molecule has 1 saturated carbocycles. The number of aliphatic hydroxyl groups is 1. The second-order valence-corrected chi connectivity index (χ2v) is 5.68. The molecule has 2 atom stereocenters. The molecule has 2 aromatic carbocycles. The van der Waals surface area contributed by atoms with Gasteiger partial charge < -0.3 is 10.4 Å². The van der Waals surface area contributed by atoms with E-state index in [0.29, 0.717) is 5.92 Å². The van der Waals surface area contributed by atoms with Crippen molar-refractivity contribution in [1.82, 2.24) is 5.32 Å². The minimum absolute atomic E-state index is 0.0500. The van der Waals surface area contributed by atoms with Gasteiger partial charge in [-0.2, -0.15) is 0 Å². The number of aliphatic hydroxyl groups excluding tert-OH is 1. The Hall–Kier alpha value is -1.71. The van der Waals surface area contributed by atoms with Crippen LogP contribution in [0.2, 0.25) is 0 Å². The summed E-state index contributed by atoms with van der Waals surface area (Å²) in [6, 6.07) is 16.7. The van der Waals surface area contributed by atoms with Gasteiger partial charge in [0, 0.05) is 6.04 Å². The van der Waals surface area contributed by atoms with Crippen molar-refractivity contribution in [1.29, 1.82) is 0 Å². The van der Waals surface area contributed by atoms with Crippen LogP contribution in [-0.4, -0.2) is 11.7 Å². The lowest BCUT2D eigenvalue weighted by atomic mass is 9.99. The van der Waals surface area contributed by atoms with Gasteiger partial charge in [-0.05, 0) is 42.0 Å². The third kappa shape index (κ3) is 3.49. The van der Waals surface area contributed by atoms with Crippen molar-refractivity contribution in [3.8, 4) is 0 Å². The molecule has 3 rings (SSSR count). The molecule has 0 spiro atoms. The van der Waals surface area contributed by atoms with Crippen LogP contribution in [0.1, 0.15) is 36.1 Å². The fraction of sp³-hybridized carbons (Fsp3) is 0.333. The molecule has 0 bridgehead atoms. The molecule has 1 fully saturated rings. The highest BCUT2D eigenvalue weighted by Crippen LogP contribution is 2.42. The predicted octanol–water partition coefficient (Wildman–Crippen LogP) is 3.60. The van der Waals surface area contributed by atoms with Gasteiger partial charge in [0.05, 0.1) is 12.6 Å². The van der Waals surface area contributed by atoms with E-state index >= 15 is 0 Å². The third-order valence-corrected chi connectivity index (χ3v) is 4.09. The normalized spacial score (nSPS) is 17.4. The lowest BCUT2D eigenvalue weighted by Crippen LogP contribution is -2.30. The van der Waals surface area contributed by atoms with E-state index in [2.05, 4.69) is 5.32 Å². The van der Waals surface area contributed by atoms with Crippen LogP contribution in [-0.2, 0) is 0 Å². The molecule has 0 heterocycles. The first-order chi connectivity index (χ1) is 10.3. The molecule has 1 aliphatic rings. The second kappa shape index (κ2) is 6.37. The maximum absolute atomic E-state index is 13.1. The Morgan fingerprint density at radius 1 is 1.00 bits per heavy atom. The van der Waals surface area contributed by atoms with Gasteiger partial charge in [-0.15, -0.1) is 0 Å². The Morgan fingerprint density at radius 2 is 1.67 bits per heavy atom. The minimum Gasteiger partial charge on any atom is -0.394 e. The molecule has 1 unspecified atom stereocenters. The zero-order valence-corrected chi connectivity index (χ0v) is 11.9. The summed E-state index contributed by atoms with van der Waals surface area (Å²) in [7, 11) is 0. The van der Waals surface area contributed by atoms with Crippen LogP contribution in [0.3, 0.4) is 0 Å². The lowest BCUT2D eigenvalue weighted by Gasteiger charge is -2.25. The first-order valence-electron chi connectivity index (χ1n) is 7.45. The van der Waals surface area contributed by atoms with E-state index in [1.54, 1.807) is 0 Å². The van der Waals surface area contributed by atoms with Gasteiger partial charge in [0.15, 0.2) is 0 Å². The topological polar surface area (TPSA) is 32.3 Å². The van der Waals surface area contributed by atoms with Crippen LogP contribution in [0, 0.1) is 11.7 Å². The van der Waals surface area contributed by atoms with Crippen LogP contribution >= 0.6 is 0 Å². The number of benzene rings is 2. The Morgan fingerprint density at radius 3 is 2.24 bits per heavy atom. The molecular weight excluding hydrogens is 265 g/mol. The molecule has 0 aliphatic heterocycles. The fourth-order valence-corrected chi connectivity index (χ4v) is 2.76. The van der Waals surface area contributed by atoms with Crippen molar-refractivity contribution < 1.29 is 9.50 Å². The maximum Gasteiger partial charge on any atom is 0.123 e. The van der Waals surface area contributed by atoms with Crippen LogP contribution < -0.4 is 5.32 Å². The SMILES string of the molecule is OC[C@H](NC(c1ccc(F)cc1)C1CC1)c1ccccc1. The van der Waals surface area contributed by atoms with Crippen molar-refractivity contribution in [2.75, 3.05) is 6.61 Å². The first-order valence-corrected chi connectivity index (χ1v) is 7.45. The number of hydrogen-bond donors (Lipinski definition) is 2. The molecule has 0 radical (unpaired) electrons. The van der Waals surface area contributed by atoms with Gasteiger partial charge in [0.1, 0.15) is 5.82 Å². The number of rotatable bonds is 6. The van der Waals surface area contributed by atoms with E-state index in [9.17, 15) is 9.50 Å². The molecule has 3 heteroatoms. The highest BCUT2D eigenvalue weighted by molar-refractivity contribution is 5.24. The standard InChI is InChI=1S/C18H20FNO/c19-16-10-8-15(9-11-16)18(14-6-7-14)20-17(12-21)13-4-2-1-3-5-13/h1-5,8-11,14,17-18,20-21H,6-7,12H2/t17-,18?/m0/s1. The third-order valence-electron chi connectivity index (χ3n) is 4.09. The smallest absolute Gasteiger partial charge is 0.123 e. The van der Waals surface area contributed by atoms with Crippen LogP contribution in [0.25, 0.3) is 0 Å². The molecule has 0 amide bonds. The summed E-state index contributed by atoms with van der Waals surface area (Å²) in [4.78, 5) is 0. The second-order valence-electron chi connectivity index (χ2n) is 5.68. The van der Waals surface area contributed by atoms with E-state index in [4.69, 9.17) is 0 Å². The monoisotopic (exact) mass is 285 g/mol. The van der Waals surface area contributed by atoms with Crippen LogP contribution in [0.15, 0.2) is 54.6 Å². The highest BCUT2D eigenvalue weighted by Gasteiger charge is 2.33. The highest BCUT2D eigenvalue weighted by atomic mass is 19.1. The molecular formula is C18H20FNO. The van der Waals surface area contributed by atoms with Gasteiger partial charge in [0.25, 0.3) is 0 Å². The van der Waals surface area contributed by atoms with Crippen molar-refractivity contribution in [3.05, 3.63) is 71.5 Å². The van der Waals surface area contributed by atoms with Gasteiger partial charge >= 0.3 is 0 Å². The summed E-state index contributed by atoms with van der Waals surface area (Å²) in [6.45, 7) is 0.0500. The lowest BCUT2D eigenvalue weighted by molar-refractivity contribution is 0.228. The molecule has 0 aromatic heterocycles. The van der Waals surface area contributed by atoms with Gasteiger partial charge in [0.2, 0.25) is 0 Å². The predicted molar refractivity (Wildman–Crippen MR) is 81.3 cm³/mol. The van der Waals surface area contributed by atoms with E-state index in [1.165, 1.54) is 25.0 Å². The summed E-state index contributed by atoms with van der Waals surface area (Å²) >= 11 is 0. The zero-order valence-electron chi connectivity index (χ0n) is 11.9. The maximum atomic E-state index is 13.1. The molecule has 21 heavy (non-hydrogen) atoms. The molecule has 0 saturated heterocycles. The Bertz CT molecular complexity index is 566. The molecule has 110 valence electrons. The van der Waals surface area contributed by atoms with Crippen LogP contribution in [0.4, 0.5) is 4.39 Å². The van der Waals surface area contributed by atoms with E-state index in [1.807, 2.05) is 42.5 Å². The number of halogens is 1. The largest absolute Gasteiger partial charge is 0.394 e. The van der Waals surface area contributed by atoms with Crippen LogP contribution in [0.5, 0.6) is 0 Å². The summed E-state index contributed by atoms with van der Waals surface area (Å²) in [5, 5.41) is 13.2. The quantitative estimate of drug-likeness (QED) is 0.850. The molecule has 1 aliphatic carbocycles. The van der Waals surface area contributed by atoms with Gasteiger partial charge in [-0.1, -0.05) is 42.5 Å². The average molecular weight is 285 g/mol. The van der Waals surface area contributed by atoms with Gasteiger partial charge in [-0.3, -0.25) is 0 Å². The summed E-state index contributed by atoms with van der Waals surface area (Å²) in [5.74, 6) is 0.364. The van der Waals surface area contributed by atoms with Crippen molar-refractivity contribution >= 4 is 0 Å². The molecule has 2 aromatic rings. The number of hydrogen-bond acceptors (Lipinski definition) is 2. The molecule has 2 nitrogen and oxygen atoms in total. The van der Waals surface area contributed by atoms with E-state index in [0.717, 1.165) is 11.1 Å². The first kappa shape index (κ1) is 14.2. The Labute approximate surface area is 124 Å². The summed E-state index contributed by atoms with van der Waals surface area (Å²) in [6.07, 6.45) is 2.37. The summed E-state index contributed by atoms with van der Waals surface area (Å²) < 4.78 is 13.1.